The van der Waals surface area contributed by atoms with Gasteiger partial charge in [-0.2, -0.15) is 0 Å². The zero-order chi connectivity index (χ0) is 18.6. The second-order valence-electron chi connectivity index (χ2n) is 6.62. The Morgan fingerprint density at radius 3 is 2.50 bits per heavy atom. The molecule has 1 heterocycles. The molecule has 0 aliphatic rings. The van der Waals surface area contributed by atoms with Gasteiger partial charge in [-0.05, 0) is 24.6 Å². The van der Waals surface area contributed by atoms with Crippen molar-refractivity contribution in [1.82, 2.24) is 5.32 Å². The number of carbonyl (C=O) groups is 1. The fourth-order valence-electron chi connectivity index (χ4n) is 2.90. The molecule has 4 nitrogen and oxygen atoms in total. The van der Waals surface area contributed by atoms with Crippen molar-refractivity contribution in [3.8, 4) is 0 Å². The highest BCUT2D eigenvalue weighted by atomic mass is 16.3. The van der Waals surface area contributed by atoms with E-state index in [-0.39, 0.29) is 11.3 Å². The molecule has 2 aromatic rings. The summed E-state index contributed by atoms with van der Waals surface area (Å²) in [6.07, 6.45) is 14.2. The molecule has 0 saturated heterocycles. The van der Waals surface area contributed by atoms with E-state index in [0.717, 1.165) is 12.8 Å². The first-order valence-corrected chi connectivity index (χ1v) is 9.69. The van der Waals surface area contributed by atoms with Crippen molar-refractivity contribution in [1.29, 1.82) is 0 Å². The molecule has 0 unspecified atom stereocenters. The number of nitrogens with one attached hydrogen (secondary N) is 1. The highest BCUT2D eigenvalue weighted by Gasteiger charge is 2.04. The van der Waals surface area contributed by atoms with Gasteiger partial charge >= 0.3 is 0 Å². The smallest absolute Gasteiger partial charge is 0.244 e. The maximum Gasteiger partial charge on any atom is 0.244 e. The van der Waals surface area contributed by atoms with Gasteiger partial charge in [0.05, 0.1) is 10.9 Å². The molecule has 4 heteroatoms. The summed E-state index contributed by atoms with van der Waals surface area (Å²) in [4.78, 5) is 24.2. The topological polar surface area (TPSA) is 59.3 Å². The molecule has 0 radical (unpaired) electrons. The van der Waals surface area contributed by atoms with Gasteiger partial charge in [0, 0.05) is 12.6 Å². The van der Waals surface area contributed by atoms with Crippen molar-refractivity contribution in [3.63, 3.8) is 0 Å². The summed E-state index contributed by atoms with van der Waals surface area (Å²) in [7, 11) is 0. The highest BCUT2D eigenvalue weighted by molar-refractivity contribution is 5.92. The molecule has 0 saturated carbocycles. The Morgan fingerprint density at radius 2 is 1.73 bits per heavy atom. The minimum absolute atomic E-state index is 0.126. The Bertz CT molecular complexity index is 776. The van der Waals surface area contributed by atoms with E-state index in [1.165, 1.54) is 56.9 Å². The van der Waals surface area contributed by atoms with Crippen LogP contribution >= 0.6 is 0 Å². The van der Waals surface area contributed by atoms with Crippen LogP contribution in [0, 0.1) is 0 Å². The SMILES string of the molecule is CCCCCCCCCCNC(=O)/C=C/c1coc2ccccc2c1=O. The average molecular weight is 355 g/mol. The number of carbonyl (C=O) groups excluding carboxylic acids is 1. The van der Waals surface area contributed by atoms with Crippen LogP contribution in [-0.2, 0) is 4.79 Å². The molecule has 26 heavy (non-hydrogen) atoms. The first-order chi connectivity index (χ1) is 12.7. The van der Waals surface area contributed by atoms with Gasteiger partial charge in [-0.15, -0.1) is 0 Å². The van der Waals surface area contributed by atoms with Crippen LogP contribution in [-0.4, -0.2) is 12.5 Å². The van der Waals surface area contributed by atoms with E-state index in [2.05, 4.69) is 12.2 Å². The normalized spacial score (nSPS) is 11.3. The maximum atomic E-state index is 12.3. The van der Waals surface area contributed by atoms with Crippen LogP contribution in [0.2, 0.25) is 0 Å². The van der Waals surface area contributed by atoms with Crippen LogP contribution in [0.3, 0.4) is 0 Å². The van der Waals surface area contributed by atoms with Crippen LogP contribution in [0.1, 0.15) is 63.9 Å². The largest absolute Gasteiger partial charge is 0.463 e. The Morgan fingerprint density at radius 1 is 1.04 bits per heavy atom. The number of rotatable bonds is 11. The standard InChI is InChI=1S/C22H29NO3/c1-2-3-4-5-6-7-8-11-16-23-21(24)15-14-18-17-26-20-13-10-9-12-19(20)22(18)25/h9-10,12-15,17H,2-8,11,16H2,1H3,(H,23,24)/b15-14+. The second-order valence-corrected chi connectivity index (χ2v) is 6.62. The first-order valence-electron chi connectivity index (χ1n) is 9.69. The molecule has 1 aromatic heterocycles. The predicted octanol–water partition coefficient (Wildman–Crippen LogP) is 5.06. The molecule has 1 amide bonds. The van der Waals surface area contributed by atoms with Crippen molar-refractivity contribution in [2.75, 3.05) is 6.54 Å². The number of amides is 1. The number of hydrogen-bond donors (Lipinski definition) is 1. The zero-order valence-corrected chi connectivity index (χ0v) is 15.6. The lowest BCUT2D eigenvalue weighted by Crippen LogP contribution is -2.22. The van der Waals surface area contributed by atoms with Crippen LogP contribution in [0.15, 0.2) is 45.8 Å². The first kappa shape index (κ1) is 20.0. The minimum Gasteiger partial charge on any atom is -0.463 e. The van der Waals surface area contributed by atoms with Gasteiger partial charge in [0.1, 0.15) is 11.8 Å². The van der Waals surface area contributed by atoms with Gasteiger partial charge in [0.25, 0.3) is 0 Å². The molecule has 140 valence electrons. The van der Waals surface area contributed by atoms with Crippen molar-refractivity contribution in [3.05, 3.63) is 52.4 Å². The zero-order valence-electron chi connectivity index (χ0n) is 15.6. The second kappa shape index (κ2) is 11.3. The molecule has 1 aromatic carbocycles. The quantitative estimate of drug-likeness (QED) is 0.452. The van der Waals surface area contributed by atoms with Gasteiger partial charge in [0.15, 0.2) is 5.43 Å². The van der Waals surface area contributed by atoms with E-state index < -0.39 is 0 Å². The van der Waals surface area contributed by atoms with E-state index in [1.54, 1.807) is 18.2 Å². The summed E-state index contributed by atoms with van der Waals surface area (Å²) >= 11 is 0. The lowest BCUT2D eigenvalue weighted by molar-refractivity contribution is -0.116. The van der Waals surface area contributed by atoms with Gasteiger partial charge in [-0.3, -0.25) is 9.59 Å². The molecule has 0 atom stereocenters. The third-order valence-electron chi connectivity index (χ3n) is 4.45. The molecule has 0 spiro atoms. The Hall–Kier alpha value is -2.36. The van der Waals surface area contributed by atoms with Gasteiger partial charge in [-0.25, -0.2) is 0 Å². The number of fused-ring (bicyclic) bond motifs is 1. The third-order valence-corrected chi connectivity index (χ3v) is 4.45. The number of para-hydroxylation sites is 1. The van der Waals surface area contributed by atoms with E-state index in [4.69, 9.17) is 4.42 Å². The number of unbranched alkanes of at least 4 members (excludes halogenated alkanes) is 7. The Labute approximate surface area is 155 Å². The fourth-order valence-corrected chi connectivity index (χ4v) is 2.90. The molecule has 0 fully saturated rings. The van der Waals surface area contributed by atoms with Crippen molar-refractivity contribution < 1.29 is 9.21 Å². The van der Waals surface area contributed by atoms with Crippen LogP contribution in [0.25, 0.3) is 17.0 Å². The van der Waals surface area contributed by atoms with Crippen LogP contribution in [0.4, 0.5) is 0 Å². The summed E-state index contributed by atoms with van der Waals surface area (Å²) in [6.45, 7) is 2.90. The molecule has 2 rings (SSSR count). The summed E-state index contributed by atoms with van der Waals surface area (Å²) in [5.74, 6) is -0.180. The van der Waals surface area contributed by atoms with Gasteiger partial charge in [-0.1, -0.05) is 64.0 Å². The van der Waals surface area contributed by atoms with E-state index >= 15 is 0 Å². The molecular formula is C22H29NO3. The number of hydrogen-bond acceptors (Lipinski definition) is 3. The monoisotopic (exact) mass is 355 g/mol. The lowest BCUT2D eigenvalue weighted by Gasteiger charge is -2.03. The fraction of sp³-hybridized carbons (Fsp3) is 0.455. The summed E-state index contributed by atoms with van der Waals surface area (Å²) in [6, 6.07) is 7.09. The van der Waals surface area contributed by atoms with Crippen molar-refractivity contribution >= 4 is 23.0 Å². The van der Waals surface area contributed by atoms with Gasteiger partial charge in [0.2, 0.25) is 5.91 Å². The summed E-state index contributed by atoms with van der Waals surface area (Å²) < 4.78 is 5.43. The summed E-state index contributed by atoms with van der Waals surface area (Å²) in [5.41, 5.74) is 0.804. The maximum absolute atomic E-state index is 12.3. The third kappa shape index (κ3) is 6.51. The molecule has 0 aliphatic carbocycles. The molecular weight excluding hydrogens is 326 g/mol. The van der Waals surface area contributed by atoms with Gasteiger partial charge < -0.3 is 9.73 Å². The van der Waals surface area contributed by atoms with E-state index in [1.807, 2.05) is 6.07 Å². The average Bonchev–Trinajstić information content (AvgIpc) is 2.66. The Kier molecular flexibility index (Phi) is 8.67. The number of benzene rings is 1. The lowest BCUT2D eigenvalue weighted by atomic mass is 10.1. The molecule has 1 N–H and O–H groups in total. The van der Waals surface area contributed by atoms with Crippen LogP contribution in [0.5, 0.6) is 0 Å². The molecule has 0 bridgehead atoms. The minimum atomic E-state index is -0.180. The van der Waals surface area contributed by atoms with Crippen LogP contribution < -0.4 is 10.7 Å². The van der Waals surface area contributed by atoms with Crippen molar-refractivity contribution in [2.24, 2.45) is 0 Å². The highest BCUT2D eigenvalue weighted by Crippen LogP contribution is 2.11. The van der Waals surface area contributed by atoms with Crippen molar-refractivity contribution in [2.45, 2.75) is 58.3 Å². The predicted molar refractivity (Wildman–Crippen MR) is 107 cm³/mol. The molecule has 0 aliphatic heterocycles. The summed E-state index contributed by atoms with van der Waals surface area (Å²) in [5, 5.41) is 3.38. The Balaban J connectivity index is 1.70. The van der Waals surface area contributed by atoms with E-state index in [9.17, 15) is 9.59 Å². The van der Waals surface area contributed by atoms with E-state index in [0.29, 0.717) is 23.1 Å².